The van der Waals surface area contributed by atoms with E-state index in [0.717, 1.165) is 18.5 Å². The molecule has 60 heavy (non-hydrogen) atoms. The van der Waals surface area contributed by atoms with Crippen LogP contribution in [0.15, 0.2) is 242 Å². The lowest BCUT2D eigenvalue weighted by Gasteiger charge is -2.35. The Bertz CT molecular complexity index is 3030. The van der Waals surface area contributed by atoms with Crippen LogP contribution in [-0.2, 0) is 5.41 Å². The molecule has 0 bridgehead atoms. The fraction of sp³-hybridized carbons (Fsp3) is 0.0508. The van der Waals surface area contributed by atoms with Crippen molar-refractivity contribution in [3.8, 4) is 33.4 Å². The van der Waals surface area contributed by atoms with E-state index in [1.54, 1.807) is 0 Å². The van der Waals surface area contributed by atoms with Gasteiger partial charge in [-0.25, -0.2) is 0 Å². The van der Waals surface area contributed by atoms with Gasteiger partial charge >= 0.3 is 0 Å². The van der Waals surface area contributed by atoms with Gasteiger partial charge in [0.15, 0.2) is 0 Å². The minimum absolute atomic E-state index is 0.483. The molecule has 0 N–H and O–H groups in total. The van der Waals surface area contributed by atoms with Crippen LogP contribution >= 0.6 is 0 Å². The lowest BCUT2D eigenvalue weighted by molar-refractivity contribution is 0.768. The lowest BCUT2D eigenvalue weighted by atomic mass is 9.68. The predicted molar refractivity (Wildman–Crippen MR) is 252 cm³/mol. The van der Waals surface area contributed by atoms with Crippen molar-refractivity contribution in [2.45, 2.75) is 18.3 Å². The summed E-state index contributed by atoms with van der Waals surface area (Å²) in [5.41, 5.74) is 18.4. The van der Waals surface area contributed by atoms with Crippen LogP contribution in [0.2, 0.25) is 0 Å². The van der Waals surface area contributed by atoms with Gasteiger partial charge in [-0.3, -0.25) is 0 Å². The molecule has 11 rings (SSSR count). The zero-order valence-electron chi connectivity index (χ0n) is 33.4. The van der Waals surface area contributed by atoms with Gasteiger partial charge in [0.25, 0.3) is 0 Å². The van der Waals surface area contributed by atoms with Crippen molar-refractivity contribution in [3.63, 3.8) is 0 Å². The molecule has 1 heteroatoms. The Morgan fingerprint density at radius 1 is 0.367 bits per heavy atom. The second kappa shape index (κ2) is 15.0. The van der Waals surface area contributed by atoms with E-state index in [9.17, 15) is 0 Å². The predicted octanol–water partition coefficient (Wildman–Crippen LogP) is 15.4. The Hall–Kier alpha value is -7.48. The summed E-state index contributed by atoms with van der Waals surface area (Å²) >= 11 is 0. The highest BCUT2D eigenvalue weighted by Gasteiger charge is 2.47. The molecule has 0 saturated heterocycles. The molecule has 0 unspecified atom stereocenters. The van der Waals surface area contributed by atoms with Crippen molar-refractivity contribution < 1.29 is 0 Å². The summed E-state index contributed by atoms with van der Waals surface area (Å²) < 4.78 is 0. The monoisotopic (exact) mass is 765 g/mol. The van der Waals surface area contributed by atoms with E-state index in [4.69, 9.17) is 0 Å². The summed E-state index contributed by atoms with van der Waals surface area (Å²) in [5, 5.41) is 2.50. The molecule has 2 aliphatic rings. The molecule has 0 heterocycles. The SMILES string of the molecule is C1=C(c2ccc(-c3ccccc3)cc2)CCC(N(c2cccc(-c3ccc4ccccc4c3)c2)c2cccc3c2-c2ccccc2C3(c2ccccc2)c2ccccc2)=C1. The third-order valence-electron chi connectivity index (χ3n) is 12.7. The first-order valence-electron chi connectivity index (χ1n) is 21.1. The Kier molecular flexibility index (Phi) is 8.94. The Morgan fingerprint density at radius 2 is 0.933 bits per heavy atom. The lowest BCUT2D eigenvalue weighted by Crippen LogP contribution is -2.28. The van der Waals surface area contributed by atoms with Gasteiger partial charge in [-0.15, -0.1) is 0 Å². The molecule has 9 aromatic rings. The number of fused-ring (bicyclic) bond motifs is 4. The normalized spacial score (nSPS) is 13.9. The third-order valence-corrected chi connectivity index (χ3v) is 12.7. The first-order chi connectivity index (χ1) is 29.8. The molecule has 0 amide bonds. The molecular weight excluding hydrogens is 723 g/mol. The molecule has 0 saturated carbocycles. The van der Waals surface area contributed by atoms with Gasteiger partial charge in [-0.1, -0.05) is 206 Å². The molecule has 0 radical (unpaired) electrons. The van der Waals surface area contributed by atoms with Crippen LogP contribution in [0.25, 0.3) is 49.7 Å². The smallest absolute Gasteiger partial charge is 0.0714 e. The molecule has 284 valence electrons. The van der Waals surface area contributed by atoms with Crippen LogP contribution in [-0.4, -0.2) is 0 Å². The van der Waals surface area contributed by atoms with E-state index in [2.05, 4.69) is 242 Å². The fourth-order valence-electron chi connectivity index (χ4n) is 9.87. The van der Waals surface area contributed by atoms with E-state index < -0.39 is 5.41 Å². The first-order valence-corrected chi connectivity index (χ1v) is 21.1. The van der Waals surface area contributed by atoms with E-state index in [1.807, 2.05) is 0 Å². The summed E-state index contributed by atoms with van der Waals surface area (Å²) in [5.74, 6) is 0. The number of hydrogen-bond donors (Lipinski definition) is 0. The Morgan fingerprint density at radius 3 is 1.67 bits per heavy atom. The number of rotatable bonds is 8. The highest BCUT2D eigenvalue weighted by atomic mass is 15.2. The minimum Gasteiger partial charge on any atom is -0.314 e. The highest BCUT2D eigenvalue weighted by molar-refractivity contribution is 5.97. The molecule has 1 nitrogen and oxygen atoms in total. The van der Waals surface area contributed by atoms with Gasteiger partial charge < -0.3 is 4.90 Å². The molecule has 0 atom stereocenters. The van der Waals surface area contributed by atoms with Gasteiger partial charge in [-0.2, -0.15) is 0 Å². The van der Waals surface area contributed by atoms with Crippen molar-refractivity contribution in [3.05, 3.63) is 270 Å². The van der Waals surface area contributed by atoms with Gasteiger partial charge in [0, 0.05) is 16.9 Å². The summed E-state index contributed by atoms with van der Waals surface area (Å²) in [6, 6.07) is 82.6. The largest absolute Gasteiger partial charge is 0.314 e. The van der Waals surface area contributed by atoms with E-state index in [0.29, 0.717) is 0 Å². The van der Waals surface area contributed by atoms with Crippen LogP contribution in [0.4, 0.5) is 11.4 Å². The van der Waals surface area contributed by atoms with Crippen molar-refractivity contribution in [2.75, 3.05) is 4.90 Å². The maximum Gasteiger partial charge on any atom is 0.0714 e. The summed E-state index contributed by atoms with van der Waals surface area (Å²) in [6.07, 6.45) is 6.57. The molecule has 0 aliphatic heterocycles. The summed E-state index contributed by atoms with van der Waals surface area (Å²) in [7, 11) is 0. The molecule has 0 aromatic heterocycles. The average Bonchev–Trinajstić information content (AvgIpc) is 3.64. The average molecular weight is 766 g/mol. The standard InChI is InChI=1S/C59H43N/c1-4-16-42(17-5-1)44-30-32-45(33-31-44)46-36-38-52(39-37-46)60(53-25-14-20-48(41-53)49-35-34-43-18-10-11-19-47(43)40-49)57-29-15-28-56-58(57)54-26-12-13-27-55(54)59(56,50-21-6-2-7-22-50)51-23-8-3-9-24-51/h1-36,38,40-41H,37,39H2. The number of anilines is 2. The number of allylic oxidation sites excluding steroid dienone is 4. The fourth-order valence-corrected chi connectivity index (χ4v) is 9.87. The highest BCUT2D eigenvalue weighted by Crippen LogP contribution is 2.59. The van der Waals surface area contributed by atoms with Crippen LogP contribution in [0.3, 0.4) is 0 Å². The zero-order chi connectivity index (χ0) is 39.9. The summed E-state index contributed by atoms with van der Waals surface area (Å²) in [4.78, 5) is 2.55. The maximum absolute atomic E-state index is 2.55. The van der Waals surface area contributed by atoms with Crippen molar-refractivity contribution in [1.29, 1.82) is 0 Å². The zero-order valence-corrected chi connectivity index (χ0v) is 33.4. The molecule has 2 aliphatic carbocycles. The van der Waals surface area contributed by atoms with Crippen LogP contribution in [0, 0.1) is 0 Å². The number of hydrogen-bond acceptors (Lipinski definition) is 1. The van der Waals surface area contributed by atoms with Gasteiger partial charge in [0.1, 0.15) is 0 Å². The van der Waals surface area contributed by atoms with Crippen LogP contribution in [0.1, 0.15) is 40.7 Å². The second-order valence-corrected chi connectivity index (χ2v) is 16.0. The van der Waals surface area contributed by atoms with Crippen LogP contribution < -0.4 is 4.90 Å². The first kappa shape index (κ1) is 35.7. The topological polar surface area (TPSA) is 3.24 Å². The van der Waals surface area contributed by atoms with E-state index in [-0.39, 0.29) is 0 Å². The van der Waals surface area contributed by atoms with Crippen LogP contribution in [0.5, 0.6) is 0 Å². The molecular formula is C59H43N. The van der Waals surface area contributed by atoms with E-state index in [1.165, 1.54) is 88.9 Å². The van der Waals surface area contributed by atoms with Gasteiger partial charge in [-0.05, 0) is 115 Å². The second-order valence-electron chi connectivity index (χ2n) is 16.0. The Balaban J connectivity index is 1.10. The molecule has 0 fully saturated rings. The van der Waals surface area contributed by atoms with Crippen molar-refractivity contribution in [1.82, 2.24) is 0 Å². The van der Waals surface area contributed by atoms with Crippen molar-refractivity contribution in [2.24, 2.45) is 0 Å². The molecule has 9 aromatic carbocycles. The quantitative estimate of drug-likeness (QED) is 0.149. The third kappa shape index (κ3) is 6.01. The van der Waals surface area contributed by atoms with Gasteiger partial charge in [0.2, 0.25) is 0 Å². The Labute approximate surface area is 352 Å². The van der Waals surface area contributed by atoms with Crippen molar-refractivity contribution >= 4 is 27.7 Å². The van der Waals surface area contributed by atoms with E-state index >= 15 is 0 Å². The minimum atomic E-state index is -0.483. The molecule has 0 spiro atoms. The number of nitrogens with zero attached hydrogens (tertiary/aromatic N) is 1. The number of benzene rings is 9. The summed E-state index contributed by atoms with van der Waals surface area (Å²) in [6.45, 7) is 0. The van der Waals surface area contributed by atoms with Gasteiger partial charge in [0.05, 0.1) is 11.1 Å². The maximum atomic E-state index is 2.55.